The highest BCUT2D eigenvalue weighted by Gasteiger charge is 2.28. The van der Waals surface area contributed by atoms with Crippen LogP contribution in [0.25, 0.3) is 6.08 Å². The molecule has 2 rings (SSSR count). The second kappa shape index (κ2) is 6.57. The van der Waals surface area contributed by atoms with Crippen molar-refractivity contribution < 1.29 is 14.6 Å². The number of benzene rings is 1. The molecule has 0 radical (unpaired) electrons. The van der Waals surface area contributed by atoms with E-state index in [-0.39, 0.29) is 0 Å². The fraction of sp³-hybridized carbons (Fsp3) is 0.438. The van der Waals surface area contributed by atoms with Gasteiger partial charge in [-0.05, 0) is 43.2 Å². The van der Waals surface area contributed by atoms with Crippen LogP contribution in [0.15, 0.2) is 24.3 Å². The van der Waals surface area contributed by atoms with Gasteiger partial charge in [-0.15, -0.1) is 0 Å². The molecule has 0 saturated heterocycles. The van der Waals surface area contributed by atoms with Crippen LogP contribution in [-0.4, -0.2) is 35.7 Å². The van der Waals surface area contributed by atoms with E-state index in [4.69, 9.17) is 9.84 Å². The summed E-state index contributed by atoms with van der Waals surface area (Å²) < 4.78 is 5.40. The van der Waals surface area contributed by atoms with Crippen LogP contribution in [0, 0.1) is 0 Å². The van der Waals surface area contributed by atoms with Gasteiger partial charge >= 0.3 is 5.97 Å². The SMILES string of the molecule is CCN(Cc1cc(C=CC(=O)O)ccc1OC)C1CC1. The number of methoxy groups -OCH3 is 1. The normalized spacial score (nSPS) is 14.9. The third-order valence-electron chi connectivity index (χ3n) is 3.57. The molecule has 1 aliphatic carbocycles. The van der Waals surface area contributed by atoms with E-state index in [0.717, 1.165) is 36.0 Å². The summed E-state index contributed by atoms with van der Waals surface area (Å²) >= 11 is 0. The fourth-order valence-electron chi connectivity index (χ4n) is 2.35. The van der Waals surface area contributed by atoms with Gasteiger partial charge in [0.1, 0.15) is 5.75 Å². The van der Waals surface area contributed by atoms with Crippen LogP contribution in [0.3, 0.4) is 0 Å². The van der Waals surface area contributed by atoms with Crippen molar-refractivity contribution in [1.29, 1.82) is 0 Å². The Morgan fingerprint density at radius 3 is 2.80 bits per heavy atom. The predicted octanol–water partition coefficient (Wildman–Crippen LogP) is 2.78. The van der Waals surface area contributed by atoms with Crippen molar-refractivity contribution in [2.45, 2.75) is 32.4 Å². The highest BCUT2D eigenvalue weighted by molar-refractivity contribution is 5.85. The summed E-state index contributed by atoms with van der Waals surface area (Å²) in [5, 5.41) is 8.69. The van der Waals surface area contributed by atoms with Crippen LogP contribution in [0.2, 0.25) is 0 Å². The van der Waals surface area contributed by atoms with Gasteiger partial charge < -0.3 is 9.84 Å². The maximum Gasteiger partial charge on any atom is 0.328 e. The molecule has 1 aliphatic rings. The molecular formula is C16H21NO3. The van der Waals surface area contributed by atoms with Crippen molar-refractivity contribution in [1.82, 2.24) is 4.90 Å². The third-order valence-corrected chi connectivity index (χ3v) is 3.57. The molecular weight excluding hydrogens is 254 g/mol. The van der Waals surface area contributed by atoms with Crippen molar-refractivity contribution in [2.75, 3.05) is 13.7 Å². The van der Waals surface area contributed by atoms with Crippen molar-refractivity contribution in [3.8, 4) is 5.75 Å². The molecule has 1 aromatic rings. The molecule has 0 bridgehead atoms. The van der Waals surface area contributed by atoms with Crippen LogP contribution >= 0.6 is 0 Å². The smallest absolute Gasteiger partial charge is 0.328 e. The Balaban J connectivity index is 2.19. The molecule has 0 spiro atoms. The summed E-state index contributed by atoms with van der Waals surface area (Å²) in [6.45, 7) is 4.03. The van der Waals surface area contributed by atoms with Gasteiger partial charge in [0.15, 0.2) is 0 Å². The number of carbonyl (C=O) groups is 1. The second-order valence-corrected chi connectivity index (χ2v) is 5.04. The first-order chi connectivity index (χ1) is 9.63. The van der Waals surface area contributed by atoms with Crippen molar-refractivity contribution >= 4 is 12.0 Å². The average Bonchev–Trinajstić information content (AvgIpc) is 3.27. The van der Waals surface area contributed by atoms with Crippen LogP contribution in [-0.2, 0) is 11.3 Å². The molecule has 0 amide bonds. The van der Waals surface area contributed by atoms with Crippen LogP contribution in [0.1, 0.15) is 30.9 Å². The lowest BCUT2D eigenvalue weighted by Crippen LogP contribution is -2.25. The van der Waals surface area contributed by atoms with Gasteiger partial charge in [-0.3, -0.25) is 4.90 Å². The summed E-state index contributed by atoms with van der Waals surface area (Å²) in [4.78, 5) is 13.0. The zero-order valence-electron chi connectivity index (χ0n) is 12.0. The van der Waals surface area contributed by atoms with Gasteiger partial charge in [0.2, 0.25) is 0 Å². The largest absolute Gasteiger partial charge is 0.496 e. The minimum Gasteiger partial charge on any atom is -0.496 e. The first-order valence-corrected chi connectivity index (χ1v) is 6.96. The number of rotatable bonds is 7. The molecule has 0 unspecified atom stereocenters. The summed E-state index contributed by atoms with van der Waals surface area (Å²) in [6, 6.07) is 6.47. The Morgan fingerprint density at radius 2 is 2.25 bits per heavy atom. The number of ether oxygens (including phenoxy) is 1. The number of hydrogen-bond donors (Lipinski definition) is 1. The maximum absolute atomic E-state index is 10.6. The Hall–Kier alpha value is -1.81. The average molecular weight is 275 g/mol. The predicted molar refractivity (Wildman–Crippen MR) is 78.8 cm³/mol. The van der Waals surface area contributed by atoms with E-state index in [1.165, 1.54) is 12.8 Å². The molecule has 0 heterocycles. The number of carboxylic acids is 1. The summed E-state index contributed by atoms with van der Waals surface area (Å²) in [5.41, 5.74) is 1.99. The number of carboxylic acid groups (broad SMARTS) is 1. The van der Waals surface area contributed by atoms with Gasteiger partial charge in [0, 0.05) is 24.2 Å². The summed E-state index contributed by atoms with van der Waals surface area (Å²) in [7, 11) is 1.67. The van der Waals surface area contributed by atoms with Crippen molar-refractivity contribution in [3.63, 3.8) is 0 Å². The molecule has 1 N–H and O–H groups in total. The van der Waals surface area contributed by atoms with E-state index in [0.29, 0.717) is 6.04 Å². The molecule has 0 atom stereocenters. The lowest BCUT2D eigenvalue weighted by Gasteiger charge is -2.21. The quantitative estimate of drug-likeness (QED) is 0.777. The first kappa shape index (κ1) is 14.6. The minimum absolute atomic E-state index is 0.697. The molecule has 1 aromatic carbocycles. The lowest BCUT2D eigenvalue weighted by molar-refractivity contribution is -0.131. The number of nitrogens with zero attached hydrogens (tertiary/aromatic N) is 1. The van der Waals surface area contributed by atoms with Crippen molar-refractivity contribution in [2.24, 2.45) is 0 Å². The van der Waals surface area contributed by atoms with Gasteiger partial charge in [0.25, 0.3) is 0 Å². The van der Waals surface area contributed by atoms with Gasteiger partial charge in [-0.25, -0.2) is 4.79 Å². The zero-order chi connectivity index (χ0) is 14.5. The fourth-order valence-corrected chi connectivity index (χ4v) is 2.35. The van der Waals surface area contributed by atoms with E-state index in [9.17, 15) is 4.79 Å². The highest BCUT2D eigenvalue weighted by Crippen LogP contribution is 2.30. The van der Waals surface area contributed by atoms with Crippen LogP contribution in [0.5, 0.6) is 5.75 Å². The second-order valence-electron chi connectivity index (χ2n) is 5.04. The van der Waals surface area contributed by atoms with Gasteiger partial charge in [0.05, 0.1) is 7.11 Å². The van der Waals surface area contributed by atoms with Crippen LogP contribution in [0.4, 0.5) is 0 Å². The highest BCUT2D eigenvalue weighted by atomic mass is 16.5. The minimum atomic E-state index is -0.935. The Morgan fingerprint density at radius 1 is 1.50 bits per heavy atom. The Labute approximate surface area is 119 Å². The topological polar surface area (TPSA) is 49.8 Å². The number of aliphatic carboxylic acids is 1. The van der Waals surface area contributed by atoms with Gasteiger partial charge in [-0.2, -0.15) is 0 Å². The van der Waals surface area contributed by atoms with Crippen LogP contribution < -0.4 is 4.74 Å². The molecule has 1 saturated carbocycles. The molecule has 0 aromatic heterocycles. The van der Waals surface area contributed by atoms with E-state index < -0.39 is 5.97 Å². The number of hydrogen-bond acceptors (Lipinski definition) is 3. The van der Waals surface area contributed by atoms with Crippen molar-refractivity contribution in [3.05, 3.63) is 35.4 Å². The first-order valence-electron chi connectivity index (χ1n) is 6.96. The third kappa shape index (κ3) is 3.84. The molecule has 0 aliphatic heterocycles. The van der Waals surface area contributed by atoms with E-state index in [2.05, 4.69) is 11.8 Å². The zero-order valence-corrected chi connectivity index (χ0v) is 12.0. The molecule has 108 valence electrons. The molecule has 4 nitrogen and oxygen atoms in total. The van der Waals surface area contributed by atoms with E-state index in [1.807, 2.05) is 18.2 Å². The standard InChI is InChI=1S/C16H21NO3/c1-3-17(14-6-7-14)11-13-10-12(5-9-16(18)19)4-8-15(13)20-2/h4-5,8-10,14H,3,6-7,11H2,1-2H3,(H,18,19). The summed E-state index contributed by atoms with van der Waals surface area (Å²) in [6.07, 6.45) is 5.31. The van der Waals surface area contributed by atoms with E-state index >= 15 is 0 Å². The summed E-state index contributed by atoms with van der Waals surface area (Å²) in [5.74, 6) is -0.0768. The Kier molecular flexibility index (Phi) is 4.79. The van der Waals surface area contributed by atoms with E-state index in [1.54, 1.807) is 13.2 Å². The monoisotopic (exact) mass is 275 g/mol. The Bertz CT molecular complexity index is 506. The van der Waals surface area contributed by atoms with Gasteiger partial charge in [-0.1, -0.05) is 13.0 Å². The molecule has 1 fully saturated rings. The molecule has 4 heteroatoms. The maximum atomic E-state index is 10.6. The lowest BCUT2D eigenvalue weighted by atomic mass is 10.1. The molecule has 20 heavy (non-hydrogen) atoms.